The third-order valence-corrected chi connectivity index (χ3v) is 5.39. The molecule has 0 saturated heterocycles. The minimum absolute atomic E-state index is 0.0310. The Labute approximate surface area is 168 Å². The second-order valence-electron chi connectivity index (χ2n) is 7.53. The first-order valence-corrected chi connectivity index (χ1v) is 9.70. The van der Waals surface area contributed by atoms with Crippen molar-refractivity contribution in [3.8, 4) is 11.5 Å². The molecule has 1 saturated carbocycles. The minimum Gasteiger partial charge on any atom is -0.495 e. The first-order valence-electron chi connectivity index (χ1n) is 9.70. The van der Waals surface area contributed by atoms with E-state index >= 15 is 0 Å². The molecule has 1 aliphatic heterocycles. The topological polar surface area (TPSA) is 90.7 Å². The minimum atomic E-state index is -0.591. The fraction of sp³-hybridized carbons (Fsp3) is 0.364. The lowest BCUT2D eigenvalue weighted by molar-refractivity contribution is 0.0946. The van der Waals surface area contributed by atoms with Gasteiger partial charge in [-0.3, -0.25) is 9.59 Å². The van der Waals surface area contributed by atoms with Gasteiger partial charge in [0.1, 0.15) is 17.3 Å². The summed E-state index contributed by atoms with van der Waals surface area (Å²) in [6, 6.07) is 6.19. The number of hydrogen-bond donors (Lipinski definition) is 2. The van der Waals surface area contributed by atoms with Gasteiger partial charge in [-0.05, 0) is 48.1 Å². The van der Waals surface area contributed by atoms with E-state index in [9.17, 15) is 14.0 Å². The Morgan fingerprint density at radius 2 is 2.07 bits per heavy atom. The van der Waals surface area contributed by atoms with Crippen LogP contribution in [0.4, 0.5) is 4.39 Å². The molecule has 0 aromatic heterocycles. The number of halogens is 1. The van der Waals surface area contributed by atoms with Crippen molar-refractivity contribution in [3.63, 3.8) is 0 Å². The molecule has 2 aromatic carbocycles. The molecule has 3 N–H and O–H groups in total. The maximum absolute atomic E-state index is 14.6. The standard InChI is InChI=1S/C22H23FN2O4/c1-28-20-16-6-7-29-19(16)14(10-17(20)21(24)26)8-13-4-5-15(18(23)9-13)22(27)25-11-12-2-3-12/h4-5,9-10,12H,2-3,6-8,11H2,1H3,(H2,24,26)(H,25,27). The first-order chi connectivity index (χ1) is 14.0. The molecule has 1 heterocycles. The number of methoxy groups -OCH3 is 1. The lowest BCUT2D eigenvalue weighted by atomic mass is 9.96. The maximum Gasteiger partial charge on any atom is 0.254 e. The summed E-state index contributed by atoms with van der Waals surface area (Å²) in [5, 5.41) is 2.77. The monoisotopic (exact) mass is 398 g/mol. The van der Waals surface area contributed by atoms with Crippen LogP contribution in [0.2, 0.25) is 0 Å². The smallest absolute Gasteiger partial charge is 0.254 e. The molecule has 0 atom stereocenters. The van der Waals surface area contributed by atoms with Crippen LogP contribution in [-0.2, 0) is 12.8 Å². The Morgan fingerprint density at radius 3 is 2.72 bits per heavy atom. The summed E-state index contributed by atoms with van der Waals surface area (Å²) in [6.45, 7) is 1.07. The highest BCUT2D eigenvalue weighted by Gasteiger charge is 2.27. The van der Waals surface area contributed by atoms with E-state index in [1.54, 1.807) is 12.1 Å². The molecule has 1 fully saturated rings. The van der Waals surface area contributed by atoms with Gasteiger partial charge < -0.3 is 20.5 Å². The number of primary amides is 1. The van der Waals surface area contributed by atoms with Crippen molar-refractivity contribution in [3.05, 3.63) is 57.9 Å². The van der Waals surface area contributed by atoms with Gasteiger partial charge in [0, 0.05) is 24.9 Å². The number of carbonyl (C=O) groups excluding carboxylic acids is 2. The van der Waals surface area contributed by atoms with Gasteiger partial charge in [0.15, 0.2) is 0 Å². The summed E-state index contributed by atoms with van der Waals surface area (Å²) in [5.41, 5.74) is 8.03. The largest absolute Gasteiger partial charge is 0.495 e. The van der Waals surface area contributed by atoms with Gasteiger partial charge in [-0.25, -0.2) is 4.39 Å². The second kappa shape index (κ2) is 7.73. The average molecular weight is 398 g/mol. The van der Waals surface area contributed by atoms with E-state index in [4.69, 9.17) is 15.2 Å². The summed E-state index contributed by atoms with van der Waals surface area (Å²) in [5.74, 6) is 0.0494. The number of nitrogens with one attached hydrogen (secondary N) is 1. The van der Waals surface area contributed by atoms with Gasteiger partial charge in [0.05, 0.1) is 24.8 Å². The lowest BCUT2D eigenvalue weighted by Crippen LogP contribution is -2.26. The molecule has 152 valence electrons. The average Bonchev–Trinajstić information content (AvgIpc) is 3.39. The molecule has 2 amide bonds. The van der Waals surface area contributed by atoms with Crippen molar-refractivity contribution in [1.29, 1.82) is 0 Å². The Morgan fingerprint density at radius 1 is 1.28 bits per heavy atom. The number of nitrogens with two attached hydrogens (primary N) is 1. The van der Waals surface area contributed by atoms with E-state index < -0.39 is 17.6 Å². The lowest BCUT2D eigenvalue weighted by Gasteiger charge is -2.15. The van der Waals surface area contributed by atoms with Crippen molar-refractivity contribution in [1.82, 2.24) is 5.32 Å². The van der Waals surface area contributed by atoms with Crippen molar-refractivity contribution in [2.75, 3.05) is 20.3 Å². The zero-order valence-corrected chi connectivity index (χ0v) is 16.2. The van der Waals surface area contributed by atoms with Crippen molar-refractivity contribution in [2.45, 2.75) is 25.7 Å². The van der Waals surface area contributed by atoms with Gasteiger partial charge in [0.25, 0.3) is 11.8 Å². The van der Waals surface area contributed by atoms with E-state index in [-0.39, 0.29) is 11.1 Å². The maximum atomic E-state index is 14.6. The number of hydrogen-bond acceptors (Lipinski definition) is 4. The van der Waals surface area contributed by atoms with Crippen LogP contribution in [0, 0.1) is 11.7 Å². The van der Waals surface area contributed by atoms with Crippen LogP contribution in [0.3, 0.4) is 0 Å². The molecule has 2 aromatic rings. The summed E-state index contributed by atoms with van der Waals surface area (Å²) in [6.07, 6.45) is 3.18. The molecule has 0 spiro atoms. The molecule has 7 heteroatoms. The van der Waals surface area contributed by atoms with E-state index in [1.165, 1.54) is 19.2 Å². The van der Waals surface area contributed by atoms with Crippen LogP contribution in [-0.4, -0.2) is 32.1 Å². The van der Waals surface area contributed by atoms with Crippen molar-refractivity contribution < 1.29 is 23.5 Å². The number of rotatable bonds is 7. The Kier molecular flexibility index (Phi) is 5.13. The molecule has 6 nitrogen and oxygen atoms in total. The van der Waals surface area contributed by atoms with E-state index in [1.807, 2.05) is 0 Å². The molecule has 0 bridgehead atoms. The van der Waals surface area contributed by atoms with Crippen LogP contribution in [0.25, 0.3) is 0 Å². The van der Waals surface area contributed by atoms with Gasteiger partial charge >= 0.3 is 0 Å². The van der Waals surface area contributed by atoms with Gasteiger partial charge in [-0.2, -0.15) is 0 Å². The molecule has 29 heavy (non-hydrogen) atoms. The quantitative estimate of drug-likeness (QED) is 0.750. The number of amides is 2. The summed E-state index contributed by atoms with van der Waals surface area (Å²) in [7, 11) is 1.49. The van der Waals surface area contributed by atoms with Crippen LogP contribution in [0.1, 0.15) is 50.2 Å². The van der Waals surface area contributed by atoms with Gasteiger partial charge in [0.2, 0.25) is 0 Å². The second-order valence-corrected chi connectivity index (χ2v) is 7.53. The van der Waals surface area contributed by atoms with E-state index in [0.29, 0.717) is 49.0 Å². The highest BCUT2D eigenvalue weighted by Crippen LogP contribution is 2.40. The Hall–Kier alpha value is -3.09. The SMILES string of the molecule is COc1c(C(N)=O)cc(Cc2ccc(C(=O)NCC3CC3)c(F)c2)c2c1CCO2. The fourth-order valence-electron chi connectivity index (χ4n) is 3.70. The molecule has 0 radical (unpaired) electrons. The number of fused-ring (bicyclic) bond motifs is 1. The first kappa shape index (κ1) is 19.2. The third-order valence-electron chi connectivity index (χ3n) is 5.39. The van der Waals surface area contributed by atoms with Crippen molar-refractivity contribution in [2.24, 2.45) is 11.7 Å². The zero-order chi connectivity index (χ0) is 20.5. The fourth-order valence-corrected chi connectivity index (χ4v) is 3.70. The van der Waals surface area contributed by atoms with Crippen LogP contribution in [0.5, 0.6) is 11.5 Å². The number of benzene rings is 2. The van der Waals surface area contributed by atoms with Gasteiger partial charge in [-0.1, -0.05) is 6.07 Å². The molecule has 1 aliphatic carbocycles. The zero-order valence-electron chi connectivity index (χ0n) is 16.2. The normalized spacial score (nSPS) is 14.8. The predicted molar refractivity (Wildman–Crippen MR) is 105 cm³/mol. The third kappa shape index (κ3) is 3.90. The summed E-state index contributed by atoms with van der Waals surface area (Å²) >= 11 is 0. The van der Waals surface area contributed by atoms with Crippen LogP contribution >= 0.6 is 0 Å². The predicted octanol–water partition coefficient (Wildman–Crippen LogP) is 2.60. The number of carbonyl (C=O) groups is 2. The Balaban J connectivity index is 1.60. The summed E-state index contributed by atoms with van der Waals surface area (Å²) in [4.78, 5) is 24.0. The number of ether oxygens (including phenoxy) is 2. The molecular formula is C22H23FN2O4. The molecular weight excluding hydrogens is 375 g/mol. The Bertz CT molecular complexity index is 985. The van der Waals surface area contributed by atoms with E-state index in [0.717, 1.165) is 24.0 Å². The van der Waals surface area contributed by atoms with Crippen molar-refractivity contribution >= 4 is 11.8 Å². The van der Waals surface area contributed by atoms with Crippen LogP contribution < -0.4 is 20.5 Å². The van der Waals surface area contributed by atoms with E-state index in [2.05, 4.69) is 5.32 Å². The highest BCUT2D eigenvalue weighted by atomic mass is 19.1. The highest BCUT2D eigenvalue weighted by molar-refractivity contribution is 5.97. The van der Waals surface area contributed by atoms with Gasteiger partial charge in [-0.15, -0.1) is 0 Å². The molecule has 0 unspecified atom stereocenters. The summed E-state index contributed by atoms with van der Waals surface area (Å²) < 4.78 is 25.7. The molecule has 4 rings (SSSR count). The molecule has 2 aliphatic rings. The van der Waals surface area contributed by atoms with Crippen LogP contribution in [0.15, 0.2) is 24.3 Å².